The molecule has 24 heavy (non-hydrogen) atoms. The van der Waals surface area contributed by atoms with Crippen molar-refractivity contribution in [1.82, 2.24) is 0 Å². The van der Waals surface area contributed by atoms with E-state index in [2.05, 4.69) is 61.0 Å². The number of hydrogen-bond acceptors (Lipinski definition) is 2. The lowest BCUT2D eigenvalue weighted by atomic mass is 9.87. The van der Waals surface area contributed by atoms with Crippen molar-refractivity contribution in [2.24, 2.45) is 0 Å². The number of hydrogen-bond donors (Lipinski definition) is 1. The number of carboxylic acid groups (broad SMARTS) is 1. The van der Waals surface area contributed by atoms with Gasteiger partial charge in [-0.2, -0.15) is 0 Å². The third kappa shape index (κ3) is 5.24. The van der Waals surface area contributed by atoms with Crippen LogP contribution in [0.1, 0.15) is 37.5 Å². The Morgan fingerprint density at radius 3 is 2.42 bits per heavy atom. The van der Waals surface area contributed by atoms with Crippen molar-refractivity contribution < 1.29 is 14.6 Å². The van der Waals surface area contributed by atoms with Gasteiger partial charge >= 0.3 is 5.97 Å². The highest BCUT2D eigenvalue weighted by atomic mass is 79.9. The Hall–Kier alpha value is -2.07. The van der Waals surface area contributed by atoms with Gasteiger partial charge in [-0.1, -0.05) is 61.0 Å². The summed E-state index contributed by atoms with van der Waals surface area (Å²) in [6.45, 7) is 6.98. The largest absolute Gasteiger partial charge is 0.488 e. The highest BCUT2D eigenvalue weighted by Crippen LogP contribution is 2.26. The Kier molecular flexibility index (Phi) is 5.84. The summed E-state index contributed by atoms with van der Waals surface area (Å²) >= 11 is 3.39. The zero-order valence-corrected chi connectivity index (χ0v) is 15.6. The molecule has 2 rings (SSSR count). The summed E-state index contributed by atoms with van der Waals surface area (Å²) in [7, 11) is 0. The molecule has 0 spiro atoms. The van der Waals surface area contributed by atoms with Crippen LogP contribution in [0.4, 0.5) is 0 Å². The van der Waals surface area contributed by atoms with Crippen molar-refractivity contribution in [3.63, 3.8) is 0 Å². The minimum Gasteiger partial charge on any atom is -0.488 e. The molecule has 2 aromatic rings. The first-order chi connectivity index (χ1) is 11.3. The van der Waals surface area contributed by atoms with E-state index < -0.39 is 5.97 Å². The zero-order valence-electron chi connectivity index (χ0n) is 14.0. The Balaban J connectivity index is 2.13. The van der Waals surface area contributed by atoms with Gasteiger partial charge in [0, 0.05) is 16.1 Å². The van der Waals surface area contributed by atoms with Gasteiger partial charge in [0.25, 0.3) is 0 Å². The van der Waals surface area contributed by atoms with Crippen molar-refractivity contribution in [2.45, 2.75) is 32.8 Å². The maximum Gasteiger partial charge on any atom is 0.328 e. The van der Waals surface area contributed by atoms with Gasteiger partial charge in [0.15, 0.2) is 0 Å². The number of rotatable bonds is 5. The van der Waals surface area contributed by atoms with Crippen LogP contribution in [0.2, 0.25) is 0 Å². The monoisotopic (exact) mass is 388 g/mol. The van der Waals surface area contributed by atoms with Crippen molar-refractivity contribution in [3.8, 4) is 5.75 Å². The molecule has 4 heteroatoms. The lowest BCUT2D eigenvalue weighted by molar-refractivity contribution is -0.131. The number of ether oxygens (including phenoxy) is 1. The van der Waals surface area contributed by atoms with Gasteiger partial charge in [0.1, 0.15) is 12.4 Å². The number of carboxylic acids is 1. The van der Waals surface area contributed by atoms with E-state index in [1.54, 1.807) is 0 Å². The Bertz CT molecular complexity index is 740. The van der Waals surface area contributed by atoms with Gasteiger partial charge in [-0.05, 0) is 40.8 Å². The zero-order chi connectivity index (χ0) is 17.7. The maximum absolute atomic E-state index is 10.7. The fourth-order valence-corrected chi connectivity index (χ4v) is 2.58. The molecule has 0 atom stereocenters. The summed E-state index contributed by atoms with van der Waals surface area (Å²) in [5.41, 5.74) is 3.19. The molecule has 0 unspecified atom stereocenters. The smallest absolute Gasteiger partial charge is 0.328 e. The molecule has 126 valence electrons. The third-order valence-electron chi connectivity index (χ3n) is 3.59. The summed E-state index contributed by atoms with van der Waals surface area (Å²) in [6.07, 6.45) is 2.64. The average molecular weight is 389 g/mol. The summed E-state index contributed by atoms with van der Waals surface area (Å²) < 4.78 is 6.74. The molecular formula is C20H21BrO3. The second kappa shape index (κ2) is 7.67. The van der Waals surface area contributed by atoms with Crippen molar-refractivity contribution in [2.75, 3.05) is 0 Å². The minimum atomic E-state index is -0.987. The van der Waals surface area contributed by atoms with Crippen LogP contribution in [-0.4, -0.2) is 11.1 Å². The van der Waals surface area contributed by atoms with E-state index >= 15 is 0 Å². The first-order valence-corrected chi connectivity index (χ1v) is 8.48. The van der Waals surface area contributed by atoms with E-state index in [-0.39, 0.29) is 5.41 Å². The minimum absolute atomic E-state index is 0.125. The van der Waals surface area contributed by atoms with E-state index in [0.717, 1.165) is 21.7 Å². The van der Waals surface area contributed by atoms with Crippen LogP contribution in [0, 0.1) is 0 Å². The molecule has 0 amide bonds. The topological polar surface area (TPSA) is 46.5 Å². The predicted octanol–water partition coefficient (Wildman–Crippen LogP) is 5.42. The maximum atomic E-state index is 10.7. The van der Waals surface area contributed by atoms with Gasteiger partial charge in [-0.25, -0.2) is 4.79 Å². The standard InChI is InChI=1S/C20H21BrO3/c1-20(2,3)16-7-4-14(5-8-16)13-24-18-10-9-17(21)12-15(18)6-11-19(22)23/h4-12H,13H2,1-3H3,(H,22,23)/b11-6+. The van der Waals surface area contributed by atoms with E-state index in [1.165, 1.54) is 11.6 Å². The number of carbonyl (C=O) groups is 1. The molecule has 0 saturated heterocycles. The molecule has 0 aliphatic rings. The van der Waals surface area contributed by atoms with Crippen molar-refractivity contribution >= 4 is 28.0 Å². The second-order valence-corrected chi connectivity index (χ2v) is 7.50. The molecule has 2 aromatic carbocycles. The average Bonchev–Trinajstić information content (AvgIpc) is 2.51. The number of benzene rings is 2. The molecule has 0 aromatic heterocycles. The van der Waals surface area contributed by atoms with Crippen LogP contribution in [0.3, 0.4) is 0 Å². The Morgan fingerprint density at radius 2 is 1.83 bits per heavy atom. The van der Waals surface area contributed by atoms with E-state index in [4.69, 9.17) is 9.84 Å². The third-order valence-corrected chi connectivity index (χ3v) is 4.08. The van der Waals surface area contributed by atoms with Crippen LogP contribution < -0.4 is 4.74 Å². The highest BCUT2D eigenvalue weighted by molar-refractivity contribution is 9.10. The summed E-state index contributed by atoms with van der Waals surface area (Å²) in [4.78, 5) is 10.7. The number of halogens is 1. The van der Waals surface area contributed by atoms with Gasteiger partial charge in [-0.15, -0.1) is 0 Å². The molecule has 0 radical (unpaired) electrons. The van der Waals surface area contributed by atoms with Crippen molar-refractivity contribution in [3.05, 3.63) is 69.7 Å². The van der Waals surface area contributed by atoms with Gasteiger partial charge in [0.05, 0.1) is 0 Å². The molecule has 0 aliphatic carbocycles. The van der Waals surface area contributed by atoms with E-state index in [9.17, 15) is 4.79 Å². The molecule has 0 fully saturated rings. The van der Waals surface area contributed by atoms with E-state index in [1.807, 2.05) is 18.2 Å². The summed E-state index contributed by atoms with van der Waals surface area (Å²) in [6, 6.07) is 13.9. The lowest BCUT2D eigenvalue weighted by Crippen LogP contribution is -2.10. The van der Waals surface area contributed by atoms with Crippen LogP contribution in [0.25, 0.3) is 6.08 Å². The fraction of sp³-hybridized carbons (Fsp3) is 0.250. The summed E-state index contributed by atoms with van der Waals surface area (Å²) in [5.74, 6) is -0.339. The van der Waals surface area contributed by atoms with Crippen LogP contribution in [0.5, 0.6) is 5.75 Å². The predicted molar refractivity (Wildman–Crippen MR) is 100 cm³/mol. The van der Waals surface area contributed by atoms with Gasteiger partial charge < -0.3 is 9.84 Å². The van der Waals surface area contributed by atoms with Crippen molar-refractivity contribution in [1.29, 1.82) is 0 Å². The molecule has 1 N–H and O–H groups in total. The highest BCUT2D eigenvalue weighted by Gasteiger charge is 2.13. The molecule has 0 saturated carbocycles. The molecule has 0 bridgehead atoms. The lowest BCUT2D eigenvalue weighted by Gasteiger charge is -2.19. The van der Waals surface area contributed by atoms with Crippen LogP contribution in [-0.2, 0) is 16.8 Å². The van der Waals surface area contributed by atoms with Gasteiger partial charge in [-0.3, -0.25) is 0 Å². The first-order valence-electron chi connectivity index (χ1n) is 7.68. The van der Waals surface area contributed by atoms with Crippen LogP contribution >= 0.6 is 15.9 Å². The molecule has 0 aliphatic heterocycles. The first kappa shape index (κ1) is 18.3. The van der Waals surface area contributed by atoms with Crippen LogP contribution in [0.15, 0.2) is 53.0 Å². The Labute approximate surface area is 151 Å². The quantitative estimate of drug-likeness (QED) is 0.695. The van der Waals surface area contributed by atoms with Gasteiger partial charge in [0.2, 0.25) is 0 Å². The number of aliphatic carboxylic acids is 1. The molecular weight excluding hydrogens is 368 g/mol. The fourth-order valence-electron chi connectivity index (χ4n) is 2.20. The SMILES string of the molecule is CC(C)(C)c1ccc(COc2ccc(Br)cc2/C=C/C(=O)O)cc1. The Morgan fingerprint density at radius 1 is 1.17 bits per heavy atom. The van der Waals surface area contributed by atoms with E-state index in [0.29, 0.717) is 12.4 Å². The molecule has 3 nitrogen and oxygen atoms in total. The summed E-state index contributed by atoms with van der Waals surface area (Å²) in [5, 5.41) is 8.80. The normalized spacial score (nSPS) is 11.7. The molecule has 0 heterocycles. The second-order valence-electron chi connectivity index (χ2n) is 6.59.